The summed E-state index contributed by atoms with van der Waals surface area (Å²) in [7, 11) is 0. The Morgan fingerprint density at radius 2 is 2.33 bits per heavy atom. The van der Waals surface area contributed by atoms with Crippen LogP contribution in [0.5, 0.6) is 0 Å². The van der Waals surface area contributed by atoms with Gasteiger partial charge in [-0.05, 0) is 12.0 Å². The molecule has 0 heterocycles. The molecule has 50 valence electrons. The Bertz CT molecular complexity index is 147. The highest BCUT2D eigenvalue weighted by molar-refractivity contribution is 6.69. The molecule has 0 aromatic heterocycles. The fraction of sp³-hybridized carbons (Fsp3) is 0.286. The predicted molar refractivity (Wildman–Crippen MR) is 42.9 cm³/mol. The SMILES string of the molecule is C=CN=C(Cl)C(=C)CC. The van der Waals surface area contributed by atoms with Crippen molar-refractivity contribution < 1.29 is 0 Å². The van der Waals surface area contributed by atoms with Gasteiger partial charge < -0.3 is 0 Å². The normalized spacial score (nSPS) is 11.1. The van der Waals surface area contributed by atoms with E-state index in [0.717, 1.165) is 12.0 Å². The molecule has 0 radical (unpaired) electrons. The van der Waals surface area contributed by atoms with Crippen molar-refractivity contribution in [1.82, 2.24) is 0 Å². The maximum atomic E-state index is 5.61. The minimum atomic E-state index is 0.451. The second-order valence-electron chi connectivity index (χ2n) is 1.56. The summed E-state index contributed by atoms with van der Waals surface area (Å²) in [6, 6.07) is 0. The van der Waals surface area contributed by atoms with Crippen LogP contribution in [-0.2, 0) is 0 Å². The van der Waals surface area contributed by atoms with E-state index in [-0.39, 0.29) is 0 Å². The Kier molecular flexibility index (Phi) is 4.06. The van der Waals surface area contributed by atoms with Crippen LogP contribution in [0.4, 0.5) is 0 Å². The van der Waals surface area contributed by atoms with E-state index >= 15 is 0 Å². The average molecular weight is 144 g/mol. The lowest BCUT2D eigenvalue weighted by molar-refractivity contribution is 1.18. The molecule has 0 amide bonds. The van der Waals surface area contributed by atoms with Crippen LogP contribution in [0, 0.1) is 0 Å². The Hall–Kier alpha value is -0.560. The molecule has 0 N–H and O–H groups in total. The van der Waals surface area contributed by atoms with Crippen LogP contribution in [0.25, 0.3) is 0 Å². The lowest BCUT2D eigenvalue weighted by Crippen LogP contribution is -1.88. The fourth-order valence-corrected chi connectivity index (χ4v) is 0.520. The van der Waals surface area contributed by atoms with Gasteiger partial charge in [0.15, 0.2) is 0 Å². The number of hydrogen-bond donors (Lipinski definition) is 0. The number of hydrogen-bond acceptors (Lipinski definition) is 1. The van der Waals surface area contributed by atoms with E-state index < -0.39 is 0 Å². The minimum Gasteiger partial charge on any atom is -0.245 e. The van der Waals surface area contributed by atoms with Crippen molar-refractivity contribution >= 4 is 16.8 Å². The molecular formula is C7H10ClN. The predicted octanol–water partition coefficient (Wildman–Crippen LogP) is 2.73. The first-order valence-corrected chi connectivity index (χ1v) is 3.12. The molecule has 0 spiro atoms. The van der Waals surface area contributed by atoms with Gasteiger partial charge in [-0.3, -0.25) is 0 Å². The molecule has 0 atom stereocenters. The third-order valence-corrected chi connectivity index (χ3v) is 1.29. The van der Waals surface area contributed by atoms with Gasteiger partial charge in [-0.2, -0.15) is 0 Å². The highest BCUT2D eigenvalue weighted by Gasteiger charge is 1.94. The highest BCUT2D eigenvalue weighted by Crippen LogP contribution is 2.03. The van der Waals surface area contributed by atoms with Crippen molar-refractivity contribution in [3.8, 4) is 0 Å². The minimum absolute atomic E-state index is 0.451. The summed E-state index contributed by atoms with van der Waals surface area (Å²) in [4.78, 5) is 3.74. The summed E-state index contributed by atoms with van der Waals surface area (Å²) < 4.78 is 0. The monoisotopic (exact) mass is 143 g/mol. The number of rotatable bonds is 3. The van der Waals surface area contributed by atoms with Crippen molar-refractivity contribution in [1.29, 1.82) is 0 Å². The molecule has 0 saturated heterocycles. The van der Waals surface area contributed by atoms with Gasteiger partial charge in [0, 0.05) is 6.20 Å². The highest BCUT2D eigenvalue weighted by atomic mass is 35.5. The van der Waals surface area contributed by atoms with Crippen LogP contribution < -0.4 is 0 Å². The molecule has 0 aromatic carbocycles. The summed E-state index contributed by atoms with van der Waals surface area (Å²) in [5.41, 5.74) is 0.844. The van der Waals surface area contributed by atoms with Crippen LogP contribution in [0.15, 0.2) is 29.9 Å². The summed E-state index contributed by atoms with van der Waals surface area (Å²) in [6.07, 6.45) is 2.24. The second-order valence-corrected chi connectivity index (χ2v) is 1.92. The van der Waals surface area contributed by atoms with Crippen molar-refractivity contribution in [2.75, 3.05) is 0 Å². The van der Waals surface area contributed by atoms with Crippen LogP contribution in [0.3, 0.4) is 0 Å². The molecule has 1 nitrogen and oxygen atoms in total. The van der Waals surface area contributed by atoms with Gasteiger partial charge in [0.1, 0.15) is 5.17 Å². The Balaban J connectivity index is 4.01. The summed E-state index contributed by atoms with van der Waals surface area (Å²) in [5, 5.41) is 0.451. The molecule has 0 rings (SSSR count). The van der Waals surface area contributed by atoms with Gasteiger partial charge in [-0.15, -0.1) is 0 Å². The molecule has 0 bridgehead atoms. The van der Waals surface area contributed by atoms with Crippen molar-refractivity contribution in [2.45, 2.75) is 13.3 Å². The van der Waals surface area contributed by atoms with Crippen molar-refractivity contribution in [2.24, 2.45) is 4.99 Å². The largest absolute Gasteiger partial charge is 0.245 e. The first-order valence-electron chi connectivity index (χ1n) is 2.74. The third kappa shape index (κ3) is 3.09. The van der Waals surface area contributed by atoms with Crippen molar-refractivity contribution in [3.05, 3.63) is 24.9 Å². The van der Waals surface area contributed by atoms with Crippen LogP contribution >= 0.6 is 11.6 Å². The fourth-order valence-electron chi connectivity index (χ4n) is 0.317. The average Bonchev–Trinajstić information content (AvgIpc) is 1.87. The van der Waals surface area contributed by atoms with E-state index in [2.05, 4.69) is 18.2 Å². The maximum absolute atomic E-state index is 5.61. The van der Waals surface area contributed by atoms with E-state index in [1.807, 2.05) is 6.92 Å². The van der Waals surface area contributed by atoms with E-state index in [9.17, 15) is 0 Å². The number of nitrogens with zero attached hydrogens (tertiary/aromatic N) is 1. The van der Waals surface area contributed by atoms with E-state index in [1.54, 1.807) is 0 Å². The summed E-state index contributed by atoms with van der Waals surface area (Å²) in [6.45, 7) is 9.06. The zero-order valence-corrected chi connectivity index (χ0v) is 6.28. The lowest BCUT2D eigenvalue weighted by atomic mass is 10.2. The molecule has 0 aliphatic heterocycles. The molecule has 0 saturated carbocycles. The lowest BCUT2D eigenvalue weighted by Gasteiger charge is -1.94. The maximum Gasteiger partial charge on any atom is 0.131 e. The van der Waals surface area contributed by atoms with Gasteiger partial charge in [0.2, 0.25) is 0 Å². The van der Waals surface area contributed by atoms with E-state index in [4.69, 9.17) is 11.6 Å². The van der Waals surface area contributed by atoms with Crippen LogP contribution in [0.2, 0.25) is 0 Å². The molecular weight excluding hydrogens is 134 g/mol. The first-order chi connectivity index (χ1) is 4.22. The van der Waals surface area contributed by atoms with Gasteiger partial charge in [-0.1, -0.05) is 31.7 Å². The Morgan fingerprint density at radius 3 is 2.67 bits per heavy atom. The van der Waals surface area contributed by atoms with Gasteiger partial charge in [0.05, 0.1) is 0 Å². The molecule has 0 aliphatic rings. The van der Waals surface area contributed by atoms with E-state index in [1.165, 1.54) is 6.20 Å². The van der Waals surface area contributed by atoms with E-state index in [0.29, 0.717) is 5.17 Å². The third-order valence-electron chi connectivity index (χ3n) is 0.923. The molecule has 0 aliphatic carbocycles. The summed E-state index contributed by atoms with van der Waals surface area (Å²) >= 11 is 5.61. The Morgan fingerprint density at radius 1 is 1.78 bits per heavy atom. The molecule has 2 heteroatoms. The molecule has 0 unspecified atom stereocenters. The molecule has 9 heavy (non-hydrogen) atoms. The van der Waals surface area contributed by atoms with Crippen molar-refractivity contribution in [3.63, 3.8) is 0 Å². The second kappa shape index (κ2) is 4.33. The quantitative estimate of drug-likeness (QED) is 0.539. The van der Waals surface area contributed by atoms with Crippen LogP contribution in [0.1, 0.15) is 13.3 Å². The van der Waals surface area contributed by atoms with Gasteiger partial charge >= 0.3 is 0 Å². The number of aliphatic imine (C=N–C) groups is 1. The standard InChI is InChI=1S/C7H10ClN/c1-4-6(3)7(8)9-5-2/h5H,2-4H2,1H3. The summed E-state index contributed by atoms with van der Waals surface area (Å²) in [5.74, 6) is 0. The molecule has 0 fully saturated rings. The van der Waals surface area contributed by atoms with Gasteiger partial charge in [0.25, 0.3) is 0 Å². The molecule has 0 aromatic rings. The first kappa shape index (κ1) is 8.44. The zero-order chi connectivity index (χ0) is 7.28. The van der Waals surface area contributed by atoms with Crippen LogP contribution in [-0.4, -0.2) is 5.17 Å². The van der Waals surface area contributed by atoms with Gasteiger partial charge in [-0.25, -0.2) is 4.99 Å². The number of halogens is 1. The smallest absolute Gasteiger partial charge is 0.131 e. The number of allylic oxidation sites excluding steroid dienone is 1. The zero-order valence-electron chi connectivity index (χ0n) is 5.52. The Labute approximate surface area is 60.7 Å². The topological polar surface area (TPSA) is 12.4 Å².